The molecule has 2 N–H and O–H groups in total. The van der Waals surface area contributed by atoms with E-state index in [-0.39, 0.29) is 43.1 Å². The number of hydrogen-bond acceptors (Lipinski definition) is 5. The van der Waals surface area contributed by atoms with Crippen molar-refractivity contribution < 1.29 is 19.0 Å². The van der Waals surface area contributed by atoms with Crippen molar-refractivity contribution in [3.05, 3.63) is 0 Å². The molecule has 1 aliphatic heterocycles. The summed E-state index contributed by atoms with van der Waals surface area (Å²) in [5, 5.41) is 0. The van der Waals surface area contributed by atoms with Crippen LogP contribution in [0.25, 0.3) is 0 Å². The van der Waals surface area contributed by atoms with Crippen LogP contribution in [0.15, 0.2) is 0 Å². The summed E-state index contributed by atoms with van der Waals surface area (Å²) in [5.41, 5.74) is 5.37. The highest BCUT2D eigenvalue weighted by Crippen LogP contribution is 2.49. The lowest BCUT2D eigenvalue weighted by molar-refractivity contribution is -0.144. The summed E-state index contributed by atoms with van der Waals surface area (Å²) in [7, 11) is 0. The molecule has 1 heterocycles. The third kappa shape index (κ3) is 2.24. The number of ketones is 1. The van der Waals surface area contributed by atoms with Crippen LogP contribution >= 0.6 is 0 Å². The van der Waals surface area contributed by atoms with E-state index in [0.29, 0.717) is 19.3 Å². The number of Topliss-reactive ketones (excluding diaryl/α,β-unsaturated/α-hetero) is 1. The third-order valence-electron chi connectivity index (χ3n) is 3.87. The van der Waals surface area contributed by atoms with Crippen LogP contribution in [-0.2, 0) is 19.0 Å². The van der Waals surface area contributed by atoms with Crippen molar-refractivity contribution in [3.63, 3.8) is 0 Å². The van der Waals surface area contributed by atoms with Crippen LogP contribution in [0.2, 0.25) is 12.1 Å². The highest BCUT2D eigenvalue weighted by molar-refractivity contribution is 6.60. The van der Waals surface area contributed by atoms with Crippen LogP contribution in [-0.4, -0.2) is 32.0 Å². The SMILES string of the molecule is CCOC(=O)C1B(OCN)C[C@@H]2C(=O)CC[C@H]12. The Morgan fingerprint density at radius 1 is 1.59 bits per heavy atom. The quantitative estimate of drug-likeness (QED) is 0.437. The first-order valence-electron chi connectivity index (χ1n) is 6.20. The maximum absolute atomic E-state index is 11.9. The van der Waals surface area contributed by atoms with Gasteiger partial charge in [-0.3, -0.25) is 9.59 Å². The average Bonchev–Trinajstić information content (AvgIpc) is 2.80. The van der Waals surface area contributed by atoms with Crippen molar-refractivity contribution in [1.82, 2.24) is 0 Å². The zero-order valence-corrected chi connectivity index (χ0v) is 10.1. The maximum Gasteiger partial charge on any atom is 0.310 e. The molecule has 1 saturated heterocycles. The third-order valence-corrected chi connectivity index (χ3v) is 3.87. The van der Waals surface area contributed by atoms with E-state index in [4.69, 9.17) is 15.1 Å². The summed E-state index contributed by atoms with van der Waals surface area (Å²) < 4.78 is 10.5. The van der Waals surface area contributed by atoms with Crippen molar-refractivity contribution in [2.45, 2.75) is 31.9 Å². The summed E-state index contributed by atoms with van der Waals surface area (Å²) in [6.07, 6.45) is 1.97. The van der Waals surface area contributed by atoms with Gasteiger partial charge < -0.3 is 15.1 Å². The first-order valence-corrected chi connectivity index (χ1v) is 6.20. The fraction of sp³-hybridized carbons (Fsp3) is 0.818. The minimum Gasteiger partial charge on any atom is -0.466 e. The summed E-state index contributed by atoms with van der Waals surface area (Å²) in [4.78, 5) is 23.6. The Kier molecular flexibility index (Phi) is 3.84. The van der Waals surface area contributed by atoms with Crippen LogP contribution < -0.4 is 5.73 Å². The lowest BCUT2D eigenvalue weighted by atomic mass is 9.56. The molecule has 6 heteroatoms. The number of nitrogens with two attached hydrogens (primary N) is 1. The van der Waals surface area contributed by atoms with Crippen LogP contribution in [0.3, 0.4) is 0 Å². The van der Waals surface area contributed by atoms with Gasteiger partial charge in [0.2, 0.25) is 0 Å². The highest BCUT2D eigenvalue weighted by Gasteiger charge is 2.55. The van der Waals surface area contributed by atoms with E-state index in [1.807, 2.05) is 0 Å². The molecular weight excluding hydrogens is 221 g/mol. The maximum atomic E-state index is 11.9. The Morgan fingerprint density at radius 3 is 3.00 bits per heavy atom. The highest BCUT2D eigenvalue weighted by atomic mass is 16.5. The van der Waals surface area contributed by atoms with E-state index < -0.39 is 0 Å². The van der Waals surface area contributed by atoms with Gasteiger partial charge in [-0.2, -0.15) is 0 Å². The van der Waals surface area contributed by atoms with Gasteiger partial charge in [0.25, 0.3) is 0 Å². The Balaban J connectivity index is 2.13. The summed E-state index contributed by atoms with van der Waals surface area (Å²) in [6.45, 7) is 1.96. The molecule has 3 atom stereocenters. The first-order chi connectivity index (χ1) is 8.19. The molecule has 0 spiro atoms. The minimum absolute atomic E-state index is 0.0269. The Labute approximate surface area is 101 Å². The van der Waals surface area contributed by atoms with E-state index in [1.54, 1.807) is 6.92 Å². The summed E-state index contributed by atoms with van der Waals surface area (Å²) >= 11 is 0. The van der Waals surface area contributed by atoms with Crippen LogP contribution in [0.1, 0.15) is 19.8 Å². The van der Waals surface area contributed by atoms with Crippen molar-refractivity contribution in [1.29, 1.82) is 0 Å². The van der Waals surface area contributed by atoms with E-state index in [1.165, 1.54) is 0 Å². The molecule has 1 saturated carbocycles. The molecule has 0 radical (unpaired) electrons. The van der Waals surface area contributed by atoms with Gasteiger partial charge in [-0.15, -0.1) is 0 Å². The molecule has 17 heavy (non-hydrogen) atoms. The van der Waals surface area contributed by atoms with Gasteiger partial charge in [-0.25, -0.2) is 0 Å². The number of ether oxygens (including phenoxy) is 1. The molecule has 1 aliphatic carbocycles. The zero-order chi connectivity index (χ0) is 12.4. The van der Waals surface area contributed by atoms with Crippen LogP contribution in [0.4, 0.5) is 0 Å². The standard InChI is InChI=1S/C11H18BNO4/c1-2-16-11(15)10-7-3-4-9(14)8(7)5-12(10)17-6-13/h7-8,10H,2-6,13H2,1H3/t7-,8-,10?/m0/s1. The van der Waals surface area contributed by atoms with Crippen molar-refractivity contribution in [3.8, 4) is 0 Å². The lowest BCUT2D eigenvalue weighted by Crippen LogP contribution is -2.31. The largest absolute Gasteiger partial charge is 0.466 e. The Morgan fingerprint density at radius 2 is 2.35 bits per heavy atom. The topological polar surface area (TPSA) is 78.6 Å². The molecule has 0 aromatic rings. The number of hydrogen-bond donors (Lipinski definition) is 1. The number of carbonyl (C=O) groups is 2. The van der Waals surface area contributed by atoms with Crippen molar-refractivity contribution >= 4 is 18.7 Å². The van der Waals surface area contributed by atoms with Gasteiger partial charge in [0, 0.05) is 12.3 Å². The molecule has 2 rings (SSSR count). The second-order valence-electron chi connectivity index (χ2n) is 4.66. The minimum atomic E-state index is -0.310. The second kappa shape index (κ2) is 5.18. The molecule has 2 aliphatic rings. The average molecular weight is 239 g/mol. The normalized spacial score (nSPS) is 31.8. The smallest absolute Gasteiger partial charge is 0.310 e. The number of rotatable bonds is 4. The molecule has 2 fully saturated rings. The van der Waals surface area contributed by atoms with Gasteiger partial charge in [-0.1, -0.05) is 0 Å². The molecule has 94 valence electrons. The van der Waals surface area contributed by atoms with E-state index >= 15 is 0 Å². The van der Waals surface area contributed by atoms with Gasteiger partial charge in [-0.05, 0) is 25.6 Å². The van der Waals surface area contributed by atoms with Crippen LogP contribution in [0.5, 0.6) is 0 Å². The molecule has 1 unspecified atom stereocenters. The number of esters is 1. The number of fused-ring (bicyclic) bond motifs is 1. The lowest BCUT2D eigenvalue weighted by Gasteiger charge is -2.19. The molecule has 0 bridgehead atoms. The molecule has 5 nitrogen and oxygen atoms in total. The fourth-order valence-electron chi connectivity index (χ4n) is 3.20. The van der Waals surface area contributed by atoms with E-state index in [9.17, 15) is 9.59 Å². The van der Waals surface area contributed by atoms with E-state index in [0.717, 1.165) is 6.42 Å². The van der Waals surface area contributed by atoms with Gasteiger partial charge in [0.05, 0.1) is 19.2 Å². The first kappa shape index (κ1) is 12.6. The number of carbonyl (C=O) groups excluding carboxylic acids is 2. The fourth-order valence-corrected chi connectivity index (χ4v) is 3.20. The Bertz CT molecular complexity index is 323. The summed E-state index contributed by atoms with van der Waals surface area (Å²) in [5.74, 6) is -0.227. The predicted octanol–water partition coefficient (Wildman–Crippen LogP) is 0.453. The van der Waals surface area contributed by atoms with Crippen LogP contribution in [0, 0.1) is 11.8 Å². The zero-order valence-electron chi connectivity index (χ0n) is 10.1. The van der Waals surface area contributed by atoms with E-state index in [2.05, 4.69) is 0 Å². The second-order valence-corrected chi connectivity index (χ2v) is 4.66. The van der Waals surface area contributed by atoms with Crippen molar-refractivity contribution in [2.24, 2.45) is 17.6 Å². The molecular formula is C11H18BNO4. The monoisotopic (exact) mass is 239 g/mol. The van der Waals surface area contributed by atoms with Crippen molar-refractivity contribution in [2.75, 3.05) is 13.3 Å². The Hall–Kier alpha value is -0.875. The van der Waals surface area contributed by atoms with Gasteiger partial charge >= 0.3 is 12.9 Å². The molecule has 0 aromatic heterocycles. The summed E-state index contributed by atoms with van der Waals surface area (Å²) in [6, 6.07) is 0. The van der Waals surface area contributed by atoms with Gasteiger partial charge in [0.15, 0.2) is 0 Å². The molecule has 0 aromatic carbocycles. The van der Waals surface area contributed by atoms with Gasteiger partial charge in [0.1, 0.15) is 5.78 Å². The predicted molar refractivity (Wildman–Crippen MR) is 62.3 cm³/mol. The molecule has 0 amide bonds.